The zero-order valence-electron chi connectivity index (χ0n) is 16.9. The third kappa shape index (κ3) is 7.86. The van der Waals surface area contributed by atoms with Crippen molar-refractivity contribution in [1.29, 1.82) is 0 Å². The number of benzene rings is 3. The number of para-hydroxylation sites is 1. The maximum absolute atomic E-state index is 12.1. The topological polar surface area (TPSA) is 79.5 Å². The van der Waals surface area contributed by atoms with Crippen LogP contribution in [0.15, 0.2) is 84.9 Å². The molecule has 0 spiro atoms. The van der Waals surface area contributed by atoms with Gasteiger partial charge in [-0.1, -0.05) is 48.0 Å². The fourth-order valence-corrected chi connectivity index (χ4v) is 2.94. The number of amides is 2. The van der Waals surface area contributed by atoms with E-state index in [1.54, 1.807) is 66.7 Å². The van der Waals surface area contributed by atoms with Crippen molar-refractivity contribution in [3.8, 4) is 5.75 Å². The number of halogens is 1. The molecule has 0 saturated carbocycles. The molecule has 3 aromatic carbocycles. The number of ether oxygens (including phenoxy) is 1. The highest BCUT2D eigenvalue weighted by Crippen LogP contribution is 2.15. The second-order valence-corrected chi connectivity index (χ2v) is 7.40. The van der Waals surface area contributed by atoms with Crippen molar-refractivity contribution in [3.63, 3.8) is 0 Å². The van der Waals surface area contributed by atoms with Gasteiger partial charge in [-0.05, 0) is 66.3 Å². The van der Waals surface area contributed by atoms with E-state index in [1.807, 2.05) is 18.2 Å². The number of anilines is 2. The van der Waals surface area contributed by atoms with Crippen LogP contribution in [0, 0.1) is 0 Å². The number of thiocarbonyl (C=S) groups is 1. The lowest BCUT2D eigenvalue weighted by Crippen LogP contribution is -2.32. The molecule has 0 fully saturated rings. The van der Waals surface area contributed by atoms with E-state index in [1.165, 1.54) is 6.08 Å². The molecule has 0 bridgehead atoms. The molecule has 0 heterocycles. The van der Waals surface area contributed by atoms with Gasteiger partial charge in [0.1, 0.15) is 5.75 Å². The molecule has 0 aliphatic heterocycles. The Morgan fingerprint density at radius 3 is 2.31 bits per heavy atom. The first-order valence-electron chi connectivity index (χ1n) is 9.61. The number of carbonyl (C=O) groups excluding carboxylic acids is 2. The maximum Gasteiger partial charge on any atom is 0.262 e. The van der Waals surface area contributed by atoms with Gasteiger partial charge in [-0.2, -0.15) is 0 Å². The minimum Gasteiger partial charge on any atom is -0.484 e. The van der Waals surface area contributed by atoms with Crippen molar-refractivity contribution in [3.05, 3.63) is 95.5 Å². The smallest absolute Gasteiger partial charge is 0.262 e. The van der Waals surface area contributed by atoms with Crippen LogP contribution in [-0.4, -0.2) is 23.5 Å². The molecule has 2 amide bonds. The molecular weight excluding hydrogens is 446 g/mol. The second kappa shape index (κ2) is 11.6. The second-order valence-electron chi connectivity index (χ2n) is 6.56. The van der Waals surface area contributed by atoms with Crippen LogP contribution in [0.3, 0.4) is 0 Å². The predicted molar refractivity (Wildman–Crippen MR) is 132 cm³/mol. The highest BCUT2D eigenvalue weighted by atomic mass is 35.5. The molecular formula is C24H20ClN3O3S. The van der Waals surface area contributed by atoms with Gasteiger partial charge in [-0.3, -0.25) is 14.9 Å². The number of hydrogen-bond acceptors (Lipinski definition) is 4. The van der Waals surface area contributed by atoms with E-state index in [2.05, 4.69) is 16.0 Å². The molecule has 0 saturated heterocycles. The number of carbonyl (C=O) groups is 2. The molecule has 32 heavy (non-hydrogen) atoms. The Labute approximate surface area is 196 Å². The first kappa shape index (κ1) is 23.0. The van der Waals surface area contributed by atoms with E-state index in [4.69, 9.17) is 28.6 Å². The van der Waals surface area contributed by atoms with E-state index in [9.17, 15) is 9.59 Å². The van der Waals surface area contributed by atoms with Crippen molar-refractivity contribution in [1.82, 2.24) is 5.32 Å². The molecule has 6 nitrogen and oxygen atoms in total. The SMILES string of the molecule is O=C(/C=C/c1ccc(Cl)cc1)NC(=S)Nc1cccc(NC(=O)COc2ccccc2)c1. The Hall–Kier alpha value is -3.68. The van der Waals surface area contributed by atoms with Gasteiger partial charge >= 0.3 is 0 Å². The van der Waals surface area contributed by atoms with Crippen LogP contribution in [0.4, 0.5) is 11.4 Å². The van der Waals surface area contributed by atoms with Crippen LogP contribution >= 0.6 is 23.8 Å². The predicted octanol–water partition coefficient (Wildman–Crippen LogP) is 4.88. The molecule has 0 atom stereocenters. The van der Waals surface area contributed by atoms with E-state index in [-0.39, 0.29) is 23.5 Å². The van der Waals surface area contributed by atoms with Crippen LogP contribution < -0.4 is 20.7 Å². The van der Waals surface area contributed by atoms with Crippen molar-refractivity contribution in [2.24, 2.45) is 0 Å². The van der Waals surface area contributed by atoms with Gasteiger partial charge in [0.15, 0.2) is 11.7 Å². The fourth-order valence-electron chi connectivity index (χ4n) is 2.60. The van der Waals surface area contributed by atoms with Crippen molar-refractivity contribution in [2.75, 3.05) is 17.2 Å². The molecule has 0 radical (unpaired) electrons. The first-order chi connectivity index (χ1) is 15.5. The van der Waals surface area contributed by atoms with Crippen LogP contribution in [-0.2, 0) is 9.59 Å². The van der Waals surface area contributed by atoms with Gasteiger partial charge in [-0.15, -0.1) is 0 Å². The summed E-state index contributed by atoms with van der Waals surface area (Å²) in [5.41, 5.74) is 2.01. The molecule has 3 N–H and O–H groups in total. The third-order valence-electron chi connectivity index (χ3n) is 4.05. The minimum absolute atomic E-state index is 0.115. The van der Waals surface area contributed by atoms with Crippen molar-refractivity contribution < 1.29 is 14.3 Å². The minimum atomic E-state index is -0.375. The number of hydrogen-bond donors (Lipinski definition) is 3. The van der Waals surface area contributed by atoms with Crippen molar-refractivity contribution >= 4 is 58.2 Å². The Kier molecular flexibility index (Phi) is 8.36. The fraction of sp³-hybridized carbons (Fsp3) is 0.0417. The van der Waals surface area contributed by atoms with Gasteiger partial charge in [0.05, 0.1) is 0 Å². The zero-order chi connectivity index (χ0) is 22.8. The van der Waals surface area contributed by atoms with Gasteiger partial charge in [0.2, 0.25) is 5.91 Å². The van der Waals surface area contributed by atoms with Gasteiger partial charge in [0.25, 0.3) is 5.91 Å². The lowest BCUT2D eigenvalue weighted by Gasteiger charge is -2.11. The molecule has 3 rings (SSSR count). The first-order valence-corrected chi connectivity index (χ1v) is 10.4. The van der Waals surface area contributed by atoms with E-state index in [0.717, 1.165) is 5.56 Å². The summed E-state index contributed by atoms with van der Waals surface area (Å²) in [6, 6.07) is 23.1. The summed E-state index contributed by atoms with van der Waals surface area (Å²) in [5.74, 6) is -0.0570. The summed E-state index contributed by atoms with van der Waals surface area (Å²) in [6.45, 7) is -0.115. The van der Waals surface area contributed by atoms with Gasteiger partial charge < -0.3 is 15.4 Å². The standard InChI is InChI=1S/C24H20ClN3O3S/c25-18-12-9-17(10-13-18)11-14-22(29)28-24(32)27-20-6-4-5-19(15-20)26-23(30)16-31-21-7-2-1-3-8-21/h1-15H,16H2,(H,26,30)(H2,27,28,29,32)/b14-11+. The van der Waals surface area contributed by atoms with E-state index in [0.29, 0.717) is 22.1 Å². The highest BCUT2D eigenvalue weighted by Gasteiger charge is 2.06. The quantitative estimate of drug-likeness (QED) is 0.342. The third-order valence-corrected chi connectivity index (χ3v) is 4.51. The molecule has 0 aliphatic rings. The van der Waals surface area contributed by atoms with Crippen LogP contribution in [0.5, 0.6) is 5.75 Å². The number of rotatable bonds is 7. The Bertz CT molecular complexity index is 1120. The Balaban J connectivity index is 1.47. The average molecular weight is 466 g/mol. The summed E-state index contributed by atoms with van der Waals surface area (Å²) >= 11 is 11.0. The van der Waals surface area contributed by atoms with E-state index >= 15 is 0 Å². The largest absolute Gasteiger partial charge is 0.484 e. The van der Waals surface area contributed by atoms with E-state index < -0.39 is 0 Å². The molecule has 3 aromatic rings. The van der Waals surface area contributed by atoms with Crippen molar-refractivity contribution in [2.45, 2.75) is 0 Å². The van der Waals surface area contributed by atoms with Gasteiger partial charge in [0, 0.05) is 22.5 Å². The Morgan fingerprint density at radius 2 is 1.59 bits per heavy atom. The zero-order valence-corrected chi connectivity index (χ0v) is 18.5. The summed E-state index contributed by atoms with van der Waals surface area (Å²) in [6.07, 6.45) is 3.03. The van der Waals surface area contributed by atoms with Crippen LogP contribution in [0.2, 0.25) is 5.02 Å². The lowest BCUT2D eigenvalue weighted by atomic mass is 10.2. The van der Waals surface area contributed by atoms with Crippen LogP contribution in [0.1, 0.15) is 5.56 Å². The summed E-state index contributed by atoms with van der Waals surface area (Å²) in [4.78, 5) is 24.2. The number of nitrogens with one attached hydrogen (secondary N) is 3. The molecule has 0 aliphatic carbocycles. The lowest BCUT2D eigenvalue weighted by molar-refractivity contribution is -0.118. The summed E-state index contributed by atoms with van der Waals surface area (Å²) < 4.78 is 5.43. The molecule has 0 unspecified atom stereocenters. The van der Waals surface area contributed by atoms with Gasteiger partial charge in [-0.25, -0.2) is 0 Å². The van der Waals surface area contributed by atoms with Crippen LogP contribution in [0.25, 0.3) is 6.08 Å². The summed E-state index contributed by atoms with van der Waals surface area (Å²) in [5, 5.41) is 8.99. The molecule has 8 heteroatoms. The Morgan fingerprint density at radius 1 is 0.906 bits per heavy atom. The highest BCUT2D eigenvalue weighted by molar-refractivity contribution is 7.80. The molecule has 0 aromatic heterocycles. The monoisotopic (exact) mass is 465 g/mol. The molecule has 162 valence electrons. The normalized spacial score (nSPS) is 10.4. The summed E-state index contributed by atoms with van der Waals surface area (Å²) in [7, 11) is 0. The average Bonchev–Trinajstić information content (AvgIpc) is 2.78. The maximum atomic E-state index is 12.1.